The van der Waals surface area contributed by atoms with Crippen LogP contribution in [-0.4, -0.2) is 38.9 Å². The second kappa shape index (κ2) is 9.81. The summed E-state index contributed by atoms with van der Waals surface area (Å²) < 4.78 is 20.8. The summed E-state index contributed by atoms with van der Waals surface area (Å²) in [6.45, 7) is 14.6. The molecule has 1 aliphatic rings. The van der Waals surface area contributed by atoms with Crippen LogP contribution in [0.2, 0.25) is 0 Å². The lowest BCUT2D eigenvalue weighted by Crippen LogP contribution is -2.43. The molecule has 3 heterocycles. The Labute approximate surface area is 209 Å². The molecule has 11 heteroatoms. The molecular weight excluding hydrogens is 465 g/mol. The van der Waals surface area contributed by atoms with Crippen LogP contribution < -0.4 is 16.0 Å². The molecule has 0 saturated heterocycles. The minimum absolute atomic E-state index is 0.0110. The van der Waals surface area contributed by atoms with Crippen LogP contribution in [0.4, 0.5) is 15.0 Å². The fourth-order valence-electron chi connectivity index (χ4n) is 3.79. The number of nitrogens with zero attached hydrogens (tertiary/aromatic N) is 4. The predicted octanol–water partition coefficient (Wildman–Crippen LogP) is 3.73. The van der Waals surface area contributed by atoms with Crippen molar-refractivity contribution in [3.8, 4) is 6.07 Å². The summed E-state index contributed by atoms with van der Waals surface area (Å²) in [7, 11) is 0. The van der Waals surface area contributed by atoms with E-state index in [9.17, 15) is 19.2 Å². The highest BCUT2D eigenvalue weighted by molar-refractivity contribution is 5.96. The van der Waals surface area contributed by atoms with Crippen molar-refractivity contribution >= 4 is 17.8 Å². The van der Waals surface area contributed by atoms with Crippen molar-refractivity contribution in [3.63, 3.8) is 0 Å². The first-order valence-corrected chi connectivity index (χ1v) is 11.3. The van der Waals surface area contributed by atoms with E-state index in [1.807, 2.05) is 13.0 Å². The summed E-state index contributed by atoms with van der Waals surface area (Å²) in [6.07, 6.45) is 2.00. The Morgan fingerprint density at radius 1 is 1.39 bits per heavy atom. The number of aromatic nitrogens is 3. The minimum atomic E-state index is -0.997. The van der Waals surface area contributed by atoms with Crippen LogP contribution in [0.5, 0.6) is 0 Å². The molecule has 1 atom stereocenters. The van der Waals surface area contributed by atoms with Gasteiger partial charge in [0.1, 0.15) is 23.3 Å². The Morgan fingerprint density at radius 3 is 2.67 bits per heavy atom. The van der Waals surface area contributed by atoms with Gasteiger partial charge in [0.2, 0.25) is 0 Å². The molecule has 0 radical (unpaired) electrons. The number of amides is 2. The van der Waals surface area contributed by atoms with Gasteiger partial charge in [-0.1, -0.05) is 6.58 Å². The fraction of sp³-hybridized carbons (Fsp3) is 0.400. The van der Waals surface area contributed by atoms with E-state index in [0.29, 0.717) is 11.5 Å². The third kappa shape index (κ3) is 5.71. The number of pyridine rings is 1. The molecule has 10 nitrogen and oxygen atoms in total. The number of nitriles is 1. The highest BCUT2D eigenvalue weighted by Gasteiger charge is 2.34. The van der Waals surface area contributed by atoms with E-state index in [0.717, 1.165) is 11.1 Å². The van der Waals surface area contributed by atoms with E-state index in [-0.39, 0.29) is 30.0 Å². The molecule has 0 fully saturated rings. The van der Waals surface area contributed by atoms with Crippen LogP contribution in [0.15, 0.2) is 36.4 Å². The number of allylic oxidation sites excluding steroid dienone is 1. The smallest absolute Gasteiger partial charge is 0.413 e. The van der Waals surface area contributed by atoms with Gasteiger partial charge < -0.3 is 15.4 Å². The van der Waals surface area contributed by atoms with Crippen LogP contribution in [-0.2, 0) is 16.8 Å². The van der Waals surface area contributed by atoms with Gasteiger partial charge in [-0.25, -0.2) is 18.9 Å². The maximum absolute atomic E-state index is 14.2. The zero-order chi connectivity index (χ0) is 26.8. The van der Waals surface area contributed by atoms with Gasteiger partial charge in [0, 0.05) is 18.8 Å². The molecule has 1 unspecified atom stereocenters. The molecule has 3 rings (SSSR count). The van der Waals surface area contributed by atoms with Gasteiger partial charge in [-0.15, -0.1) is 0 Å². The first-order valence-electron chi connectivity index (χ1n) is 11.3. The minimum Gasteiger partial charge on any atom is -0.444 e. The number of carbonyl (C=O) groups excluding carboxylic acids is 2. The third-order valence-corrected chi connectivity index (χ3v) is 5.60. The topological polar surface area (TPSA) is 134 Å². The molecule has 1 aliphatic heterocycles. The van der Waals surface area contributed by atoms with Crippen molar-refractivity contribution in [1.82, 2.24) is 25.4 Å². The van der Waals surface area contributed by atoms with Gasteiger partial charge in [0.05, 0.1) is 23.0 Å². The molecule has 0 aliphatic carbocycles. The van der Waals surface area contributed by atoms with Gasteiger partial charge in [-0.05, 0) is 64.8 Å². The van der Waals surface area contributed by atoms with Gasteiger partial charge >= 0.3 is 6.09 Å². The quantitative estimate of drug-likeness (QED) is 0.575. The van der Waals surface area contributed by atoms with Crippen LogP contribution in [0.3, 0.4) is 0 Å². The van der Waals surface area contributed by atoms with Crippen LogP contribution in [0, 0.1) is 25.2 Å². The van der Waals surface area contributed by atoms with Gasteiger partial charge in [-0.3, -0.25) is 10.1 Å². The average Bonchev–Trinajstić information content (AvgIpc) is 3.19. The number of anilines is 1. The molecule has 3 N–H and O–H groups in total. The second-order valence-corrected chi connectivity index (χ2v) is 9.81. The maximum Gasteiger partial charge on any atom is 0.413 e. The van der Waals surface area contributed by atoms with Crippen molar-refractivity contribution in [3.05, 3.63) is 64.5 Å². The monoisotopic (exact) mass is 495 g/mol. The van der Waals surface area contributed by atoms with Gasteiger partial charge in [0.15, 0.2) is 5.69 Å². The molecule has 190 valence electrons. The molecule has 0 aromatic carbocycles. The van der Waals surface area contributed by atoms with Gasteiger partial charge in [-0.2, -0.15) is 10.4 Å². The van der Waals surface area contributed by atoms with E-state index in [1.54, 1.807) is 40.7 Å². The summed E-state index contributed by atoms with van der Waals surface area (Å²) in [4.78, 5) is 29.4. The molecule has 2 aromatic heterocycles. The van der Waals surface area contributed by atoms with Gasteiger partial charge in [0.25, 0.3) is 5.91 Å². The standard InChI is InChI=1S/C25H30FN7O3/c1-14-8-21(32-23(35)36-24(4,5)6)31-15(2)17(14)11-28-22(34)18-12-30-33(20(18)10-27)25(7)9-19(26)16(3)29-13-25/h8-9,12,29H,3,11,13H2,1-2,4-7H3,(H,28,34)(H,31,32,35). The van der Waals surface area contributed by atoms with Crippen molar-refractivity contribution < 1.29 is 18.7 Å². The number of halogens is 1. The van der Waals surface area contributed by atoms with E-state index >= 15 is 0 Å². The molecule has 0 bridgehead atoms. The zero-order valence-electron chi connectivity index (χ0n) is 21.2. The lowest BCUT2D eigenvalue weighted by Gasteiger charge is -2.32. The lowest BCUT2D eigenvalue weighted by atomic mass is 9.97. The number of hydrogen-bond acceptors (Lipinski definition) is 7. The van der Waals surface area contributed by atoms with Crippen LogP contribution in [0.1, 0.15) is 60.6 Å². The molecule has 2 aromatic rings. The molecule has 0 spiro atoms. The highest BCUT2D eigenvalue weighted by Crippen LogP contribution is 2.28. The number of hydrogen-bond donors (Lipinski definition) is 3. The molecular formula is C25H30FN7O3. The fourth-order valence-corrected chi connectivity index (χ4v) is 3.79. The van der Waals surface area contributed by atoms with Crippen molar-refractivity contribution in [2.75, 3.05) is 11.9 Å². The Morgan fingerprint density at radius 2 is 2.08 bits per heavy atom. The van der Waals surface area contributed by atoms with Crippen molar-refractivity contribution in [1.29, 1.82) is 5.26 Å². The third-order valence-electron chi connectivity index (χ3n) is 5.60. The van der Waals surface area contributed by atoms with Crippen molar-refractivity contribution in [2.45, 2.75) is 59.2 Å². The van der Waals surface area contributed by atoms with Crippen LogP contribution >= 0.6 is 0 Å². The number of ether oxygens (including phenoxy) is 1. The van der Waals surface area contributed by atoms with Crippen molar-refractivity contribution in [2.24, 2.45) is 0 Å². The first-order chi connectivity index (χ1) is 16.7. The summed E-state index contributed by atoms with van der Waals surface area (Å²) >= 11 is 0. The Balaban J connectivity index is 1.76. The second-order valence-electron chi connectivity index (χ2n) is 9.81. The lowest BCUT2D eigenvalue weighted by molar-refractivity contribution is 0.0635. The normalized spacial score (nSPS) is 17.5. The van der Waals surface area contributed by atoms with E-state index in [1.165, 1.54) is 17.0 Å². The largest absolute Gasteiger partial charge is 0.444 e. The van der Waals surface area contributed by atoms with E-state index in [2.05, 4.69) is 32.6 Å². The predicted molar refractivity (Wildman–Crippen MR) is 132 cm³/mol. The molecule has 2 amide bonds. The number of carbonyl (C=O) groups is 2. The van der Waals surface area contributed by atoms with E-state index in [4.69, 9.17) is 4.74 Å². The SMILES string of the molecule is C=C1NCC(C)(n2ncc(C(=O)NCc3c(C)cc(NC(=O)OC(C)(C)C)nc3C)c2C#N)C=C1F. The summed E-state index contributed by atoms with van der Waals surface area (Å²) in [5.41, 5.74) is 0.770. The maximum atomic E-state index is 14.2. The average molecular weight is 496 g/mol. The van der Waals surface area contributed by atoms with Crippen LogP contribution in [0.25, 0.3) is 0 Å². The summed E-state index contributed by atoms with van der Waals surface area (Å²) in [6, 6.07) is 3.69. The number of nitrogens with one attached hydrogen (secondary N) is 3. The summed E-state index contributed by atoms with van der Waals surface area (Å²) in [5.74, 6) is -0.717. The molecule has 36 heavy (non-hydrogen) atoms. The Bertz CT molecular complexity index is 1280. The van der Waals surface area contributed by atoms with E-state index < -0.39 is 29.0 Å². The highest BCUT2D eigenvalue weighted by atomic mass is 19.1. The first kappa shape index (κ1) is 26.4. The number of aryl methyl sites for hydroxylation is 2. The summed E-state index contributed by atoms with van der Waals surface area (Å²) in [5, 5.41) is 22.2. The zero-order valence-corrected chi connectivity index (χ0v) is 21.2. The Hall–Kier alpha value is -4.20. The molecule has 0 saturated carbocycles. The number of rotatable bonds is 5. The Kier molecular flexibility index (Phi) is 7.20.